The number of anilines is 1. The number of carbonyl (C=O) groups is 1. The van der Waals surface area contributed by atoms with Crippen LogP contribution in [0.25, 0.3) is 0 Å². The monoisotopic (exact) mass is 208 g/mol. The van der Waals surface area contributed by atoms with Gasteiger partial charge in [-0.1, -0.05) is 0 Å². The lowest BCUT2D eigenvalue weighted by molar-refractivity contribution is 0.0527. The molecule has 0 unspecified atom stereocenters. The van der Waals surface area contributed by atoms with Crippen molar-refractivity contribution in [3.63, 3.8) is 0 Å². The van der Waals surface area contributed by atoms with Gasteiger partial charge in [-0.2, -0.15) is 10.4 Å². The van der Waals surface area contributed by atoms with Crippen molar-refractivity contribution in [3.8, 4) is 6.07 Å². The molecule has 1 aromatic rings. The van der Waals surface area contributed by atoms with Crippen molar-refractivity contribution in [2.24, 2.45) is 0 Å². The smallest absolute Gasteiger partial charge is 0.343 e. The van der Waals surface area contributed by atoms with Crippen LogP contribution in [0.5, 0.6) is 0 Å². The van der Waals surface area contributed by atoms with Gasteiger partial charge in [0.05, 0.1) is 31.8 Å². The SMILES string of the molecule is CCOC(=O)c1cnn(CCC#N)c1N. The van der Waals surface area contributed by atoms with E-state index in [1.807, 2.05) is 6.07 Å². The number of ether oxygens (including phenoxy) is 1. The van der Waals surface area contributed by atoms with E-state index in [0.717, 1.165) is 0 Å². The second kappa shape index (κ2) is 5.00. The predicted molar refractivity (Wildman–Crippen MR) is 52.8 cm³/mol. The lowest BCUT2D eigenvalue weighted by Gasteiger charge is -2.02. The quantitative estimate of drug-likeness (QED) is 0.729. The van der Waals surface area contributed by atoms with Crippen LogP contribution in [0.3, 0.4) is 0 Å². The van der Waals surface area contributed by atoms with E-state index >= 15 is 0 Å². The van der Waals surface area contributed by atoms with Crippen molar-refractivity contribution in [1.82, 2.24) is 9.78 Å². The summed E-state index contributed by atoms with van der Waals surface area (Å²) in [6, 6.07) is 1.97. The average Bonchev–Trinajstić information content (AvgIpc) is 2.57. The van der Waals surface area contributed by atoms with E-state index in [2.05, 4.69) is 5.10 Å². The Kier molecular flexibility index (Phi) is 3.68. The summed E-state index contributed by atoms with van der Waals surface area (Å²) in [5, 5.41) is 12.3. The highest BCUT2D eigenvalue weighted by Gasteiger charge is 2.15. The van der Waals surface area contributed by atoms with Crippen LogP contribution in [-0.4, -0.2) is 22.4 Å². The second-order valence-corrected chi connectivity index (χ2v) is 2.80. The molecule has 6 nitrogen and oxygen atoms in total. The summed E-state index contributed by atoms with van der Waals surface area (Å²) in [7, 11) is 0. The Labute approximate surface area is 87.2 Å². The number of aryl methyl sites for hydroxylation is 1. The van der Waals surface area contributed by atoms with Crippen LogP contribution in [0, 0.1) is 11.3 Å². The maximum atomic E-state index is 11.3. The normalized spacial score (nSPS) is 9.60. The fourth-order valence-corrected chi connectivity index (χ4v) is 1.10. The Morgan fingerprint density at radius 1 is 1.80 bits per heavy atom. The molecule has 0 saturated carbocycles. The molecule has 1 aromatic heterocycles. The van der Waals surface area contributed by atoms with Crippen molar-refractivity contribution in [1.29, 1.82) is 5.26 Å². The van der Waals surface area contributed by atoms with E-state index in [1.54, 1.807) is 6.92 Å². The minimum Gasteiger partial charge on any atom is -0.462 e. The number of hydrogen-bond acceptors (Lipinski definition) is 5. The first-order chi connectivity index (χ1) is 7.20. The summed E-state index contributed by atoms with van der Waals surface area (Å²) in [6.07, 6.45) is 1.65. The second-order valence-electron chi connectivity index (χ2n) is 2.80. The molecule has 0 aliphatic rings. The lowest BCUT2D eigenvalue weighted by Crippen LogP contribution is -2.09. The van der Waals surface area contributed by atoms with E-state index in [1.165, 1.54) is 10.9 Å². The highest BCUT2D eigenvalue weighted by molar-refractivity contribution is 5.93. The Balaban J connectivity index is 2.80. The van der Waals surface area contributed by atoms with Gasteiger partial charge in [-0.15, -0.1) is 0 Å². The predicted octanol–water partition coefficient (Wildman–Crippen LogP) is 0.556. The Morgan fingerprint density at radius 2 is 2.53 bits per heavy atom. The van der Waals surface area contributed by atoms with Crippen molar-refractivity contribution >= 4 is 11.8 Å². The van der Waals surface area contributed by atoms with Gasteiger partial charge >= 0.3 is 5.97 Å². The minimum atomic E-state index is -0.488. The largest absolute Gasteiger partial charge is 0.462 e. The third-order valence-corrected chi connectivity index (χ3v) is 1.81. The molecular formula is C9H12N4O2. The van der Waals surface area contributed by atoms with E-state index < -0.39 is 5.97 Å². The number of nitrogens with two attached hydrogens (primary N) is 1. The number of nitriles is 1. The van der Waals surface area contributed by atoms with Crippen LogP contribution in [-0.2, 0) is 11.3 Å². The summed E-state index contributed by atoms with van der Waals surface area (Å²) < 4.78 is 6.20. The third kappa shape index (κ3) is 2.47. The molecule has 0 atom stereocenters. The first-order valence-corrected chi connectivity index (χ1v) is 4.56. The van der Waals surface area contributed by atoms with Gasteiger partial charge in [0.25, 0.3) is 0 Å². The summed E-state index contributed by atoms with van der Waals surface area (Å²) in [6.45, 7) is 2.39. The minimum absolute atomic E-state index is 0.240. The average molecular weight is 208 g/mol. The van der Waals surface area contributed by atoms with Crippen molar-refractivity contribution in [2.45, 2.75) is 19.9 Å². The van der Waals surface area contributed by atoms with Crippen LogP contribution >= 0.6 is 0 Å². The van der Waals surface area contributed by atoms with Crippen LogP contribution in [0.4, 0.5) is 5.82 Å². The molecule has 0 amide bonds. The van der Waals surface area contributed by atoms with E-state index in [0.29, 0.717) is 19.6 Å². The van der Waals surface area contributed by atoms with Crippen LogP contribution in [0.2, 0.25) is 0 Å². The molecule has 0 fully saturated rings. The highest BCUT2D eigenvalue weighted by atomic mass is 16.5. The maximum absolute atomic E-state index is 11.3. The fraction of sp³-hybridized carbons (Fsp3) is 0.444. The van der Waals surface area contributed by atoms with Crippen LogP contribution in [0.15, 0.2) is 6.20 Å². The number of hydrogen-bond donors (Lipinski definition) is 1. The number of aromatic nitrogens is 2. The molecule has 2 N–H and O–H groups in total. The van der Waals surface area contributed by atoms with Gasteiger partial charge in [-0.25, -0.2) is 9.48 Å². The molecule has 1 heterocycles. The fourth-order valence-electron chi connectivity index (χ4n) is 1.10. The first kappa shape index (κ1) is 11.0. The van der Waals surface area contributed by atoms with E-state index in [9.17, 15) is 4.79 Å². The van der Waals surface area contributed by atoms with Gasteiger partial charge in [-0.05, 0) is 6.92 Å². The topological polar surface area (TPSA) is 93.9 Å². The maximum Gasteiger partial charge on any atom is 0.343 e. The first-order valence-electron chi connectivity index (χ1n) is 4.56. The zero-order chi connectivity index (χ0) is 11.3. The van der Waals surface area contributed by atoms with E-state index in [-0.39, 0.29) is 11.4 Å². The number of carbonyl (C=O) groups excluding carboxylic acids is 1. The molecule has 0 spiro atoms. The van der Waals surface area contributed by atoms with Crippen LogP contribution in [0.1, 0.15) is 23.7 Å². The molecule has 0 radical (unpaired) electrons. The number of nitrogens with zero attached hydrogens (tertiary/aromatic N) is 3. The van der Waals surface area contributed by atoms with Gasteiger partial charge in [0, 0.05) is 0 Å². The van der Waals surface area contributed by atoms with Crippen molar-refractivity contribution < 1.29 is 9.53 Å². The van der Waals surface area contributed by atoms with Gasteiger partial charge < -0.3 is 10.5 Å². The summed E-state index contributed by atoms with van der Waals surface area (Å²) in [4.78, 5) is 11.3. The highest BCUT2D eigenvalue weighted by Crippen LogP contribution is 2.12. The molecule has 0 aliphatic carbocycles. The van der Waals surface area contributed by atoms with Gasteiger partial charge in [0.1, 0.15) is 11.4 Å². The summed E-state index contributed by atoms with van der Waals surface area (Å²) in [5.74, 6) is -0.248. The van der Waals surface area contributed by atoms with Gasteiger partial charge in [0.2, 0.25) is 0 Å². The summed E-state index contributed by atoms with van der Waals surface area (Å²) >= 11 is 0. The van der Waals surface area contributed by atoms with Crippen molar-refractivity contribution in [2.75, 3.05) is 12.3 Å². The zero-order valence-corrected chi connectivity index (χ0v) is 8.43. The molecule has 0 aromatic carbocycles. The molecule has 0 aliphatic heterocycles. The number of nitrogen functional groups attached to an aromatic ring is 1. The van der Waals surface area contributed by atoms with E-state index in [4.69, 9.17) is 15.7 Å². The molecule has 80 valence electrons. The molecule has 0 saturated heterocycles. The third-order valence-electron chi connectivity index (χ3n) is 1.81. The molecule has 15 heavy (non-hydrogen) atoms. The molecular weight excluding hydrogens is 196 g/mol. The Morgan fingerprint density at radius 3 is 3.13 bits per heavy atom. The van der Waals surface area contributed by atoms with Crippen molar-refractivity contribution in [3.05, 3.63) is 11.8 Å². The number of rotatable bonds is 4. The Bertz CT molecular complexity index is 391. The molecule has 1 rings (SSSR count). The number of esters is 1. The molecule has 0 bridgehead atoms. The molecule has 6 heteroatoms. The zero-order valence-electron chi connectivity index (χ0n) is 8.43. The Hall–Kier alpha value is -2.03. The van der Waals surface area contributed by atoms with Gasteiger partial charge in [-0.3, -0.25) is 0 Å². The van der Waals surface area contributed by atoms with Crippen LogP contribution < -0.4 is 5.73 Å². The van der Waals surface area contributed by atoms with Gasteiger partial charge in [0.15, 0.2) is 0 Å². The summed E-state index contributed by atoms with van der Waals surface area (Å²) in [5.41, 5.74) is 5.91. The standard InChI is InChI=1S/C9H12N4O2/c1-2-15-9(14)7-6-12-13(8(7)11)5-3-4-10/h6H,2-3,5,11H2,1H3. The lowest BCUT2D eigenvalue weighted by atomic mass is 10.3.